The second-order valence-corrected chi connectivity index (χ2v) is 21.6. The van der Waals surface area contributed by atoms with Crippen LogP contribution in [0.15, 0.2) is 47.0 Å². The topological polar surface area (TPSA) is 128 Å². The molecule has 2 aromatic rings. The summed E-state index contributed by atoms with van der Waals surface area (Å²) in [6, 6.07) is 6.62. The summed E-state index contributed by atoms with van der Waals surface area (Å²) < 4.78 is 33.2. The number of aromatic nitrogens is 3. The lowest BCUT2D eigenvalue weighted by Gasteiger charge is -2.71. The number of carboxylic acid groups (broad SMARTS) is 1. The van der Waals surface area contributed by atoms with Crippen molar-refractivity contribution in [2.45, 2.75) is 150 Å². The summed E-state index contributed by atoms with van der Waals surface area (Å²) in [7, 11) is -3.83. The van der Waals surface area contributed by atoms with Crippen molar-refractivity contribution < 1.29 is 27.9 Å². The van der Waals surface area contributed by atoms with Crippen LogP contribution in [0.25, 0.3) is 0 Å². The molecule has 0 spiro atoms. The second kappa shape index (κ2) is 12.8. The van der Waals surface area contributed by atoms with Crippen LogP contribution in [0.2, 0.25) is 0 Å². The lowest BCUT2D eigenvalue weighted by atomic mass is 9.33. The lowest BCUT2D eigenvalue weighted by Crippen LogP contribution is -2.65. The number of ether oxygens (including phenoxy) is 1. The SMILES string of the molecule is Cc1ccc(S(=O)(=O)n2cc(CCCC(=O)O[C@H]3CC[C@]4(C)[C@H]5CC=C6[C@@H]7CC(C)(C)CC[C@]7(C(=O)O)CC[C@@]6(C)[C@]5(C)CC[C@H]4C3(C)C)nn2)cc1. The number of fused-ring (bicyclic) bond motifs is 7. The third-order valence-corrected chi connectivity index (χ3v) is 17.7. The van der Waals surface area contributed by atoms with Gasteiger partial charge in [0.2, 0.25) is 0 Å². The number of aliphatic carboxylic acids is 1. The fourth-order valence-corrected chi connectivity index (χ4v) is 13.9. The maximum absolute atomic E-state index is 13.3. The Labute approximate surface area is 316 Å². The Morgan fingerprint density at radius 3 is 2.32 bits per heavy atom. The van der Waals surface area contributed by atoms with E-state index in [2.05, 4.69) is 64.9 Å². The molecular weight excluding hydrogens is 687 g/mol. The molecule has 1 aromatic carbocycles. The van der Waals surface area contributed by atoms with Crippen LogP contribution in [-0.2, 0) is 30.8 Å². The molecule has 1 N–H and O–H groups in total. The van der Waals surface area contributed by atoms with E-state index in [0.717, 1.165) is 73.9 Å². The van der Waals surface area contributed by atoms with Crippen molar-refractivity contribution in [1.82, 2.24) is 14.4 Å². The Hall–Kier alpha value is -3.01. The molecule has 1 heterocycles. The number of benzene rings is 1. The average Bonchev–Trinajstić information content (AvgIpc) is 3.56. The summed E-state index contributed by atoms with van der Waals surface area (Å²) in [5.74, 6) is 0.186. The first-order valence-electron chi connectivity index (χ1n) is 20.1. The normalized spacial score (nSPS) is 37.2. The molecule has 0 saturated heterocycles. The number of hydrogen-bond donors (Lipinski definition) is 1. The first-order valence-corrected chi connectivity index (χ1v) is 21.5. The minimum atomic E-state index is -3.83. The number of rotatable bonds is 8. The van der Waals surface area contributed by atoms with Crippen molar-refractivity contribution in [1.29, 1.82) is 0 Å². The summed E-state index contributed by atoms with van der Waals surface area (Å²) in [5, 5.41) is 18.6. The van der Waals surface area contributed by atoms with E-state index in [4.69, 9.17) is 4.74 Å². The molecule has 8 atom stereocenters. The Morgan fingerprint density at radius 2 is 1.62 bits per heavy atom. The molecule has 1 aromatic heterocycles. The van der Waals surface area contributed by atoms with Gasteiger partial charge in [-0.05, 0) is 136 Å². The van der Waals surface area contributed by atoms with Crippen LogP contribution < -0.4 is 0 Å². The van der Waals surface area contributed by atoms with Crippen LogP contribution in [0.4, 0.5) is 0 Å². The summed E-state index contributed by atoms with van der Waals surface area (Å²) in [4.78, 5) is 26.5. The van der Waals surface area contributed by atoms with E-state index in [1.807, 2.05) is 6.92 Å². The van der Waals surface area contributed by atoms with Gasteiger partial charge in [0.05, 0.1) is 22.2 Å². The summed E-state index contributed by atoms with van der Waals surface area (Å²) in [6.07, 6.45) is 14.4. The highest BCUT2D eigenvalue weighted by Gasteiger charge is 2.69. The minimum absolute atomic E-state index is 0.0232. The van der Waals surface area contributed by atoms with Crippen molar-refractivity contribution in [3.8, 4) is 0 Å². The number of carboxylic acids is 1. The molecule has 0 aliphatic heterocycles. The number of carbonyl (C=O) groups excluding carboxylic acids is 1. The second-order valence-electron chi connectivity index (χ2n) is 19.8. The highest BCUT2D eigenvalue weighted by Crippen LogP contribution is 2.75. The first-order chi connectivity index (χ1) is 24.7. The monoisotopic (exact) mass is 747 g/mol. The van der Waals surface area contributed by atoms with Gasteiger partial charge in [-0.3, -0.25) is 9.59 Å². The van der Waals surface area contributed by atoms with Crippen molar-refractivity contribution in [3.63, 3.8) is 0 Å². The molecule has 4 saturated carbocycles. The fourth-order valence-electron chi connectivity index (χ4n) is 12.8. The molecule has 4 fully saturated rings. The third-order valence-electron chi connectivity index (χ3n) is 16.2. The summed E-state index contributed by atoms with van der Waals surface area (Å²) >= 11 is 0. The van der Waals surface area contributed by atoms with Gasteiger partial charge in [-0.1, -0.05) is 83.0 Å². The third kappa shape index (κ3) is 5.94. The van der Waals surface area contributed by atoms with Crippen LogP contribution in [0.1, 0.15) is 137 Å². The van der Waals surface area contributed by atoms with E-state index in [-0.39, 0.29) is 56.4 Å². The van der Waals surface area contributed by atoms with Crippen LogP contribution in [-0.4, -0.2) is 46.0 Å². The van der Waals surface area contributed by atoms with Gasteiger partial charge in [-0.25, -0.2) is 0 Å². The Kier molecular flexibility index (Phi) is 9.22. The van der Waals surface area contributed by atoms with Gasteiger partial charge in [0, 0.05) is 11.8 Å². The smallest absolute Gasteiger partial charge is 0.310 e. The predicted molar refractivity (Wildman–Crippen MR) is 203 cm³/mol. The van der Waals surface area contributed by atoms with Crippen LogP contribution in [0, 0.1) is 57.2 Å². The molecule has 0 bridgehead atoms. The Morgan fingerprint density at radius 1 is 0.925 bits per heavy atom. The number of carbonyl (C=O) groups is 2. The molecular formula is C43H61N3O6S. The molecule has 5 aliphatic rings. The quantitative estimate of drug-likeness (QED) is 0.209. The molecule has 290 valence electrons. The molecule has 0 radical (unpaired) electrons. The summed E-state index contributed by atoms with van der Waals surface area (Å²) in [6.45, 7) is 18.7. The highest BCUT2D eigenvalue weighted by molar-refractivity contribution is 7.89. The molecule has 0 unspecified atom stereocenters. The van der Waals surface area contributed by atoms with E-state index in [9.17, 15) is 23.1 Å². The highest BCUT2D eigenvalue weighted by atomic mass is 32.2. The predicted octanol–water partition coefficient (Wildman–Crippen LogP) is 8.94. The van der Waals surface area contributed by atoms with E-state index in [1.54, 1.807) is 24.3 Å². The number of esters is 1. The summed E-state index contributed by atoms with van der Waals surface area (Å²) in [5.41, 5.74) is 2.41. The van der Waals surface area contributed by atoms with E-state index >= 15 is 0 Å². The van der Waals surface area contributed by atoms with Crippen molar-refractivity contribution >= 4 is 22.0 Å². The zero-order valence-corrected chi connectivity index (χ0v) is 34.0. The van der Waals surface area contributed by atoms with Gasteiger partial charge in [-0.2, -0.15) is 8.42 Å². The number of aryl methyl sites for hydroxylation is 2. The standard InChI is InChI=1S/C43H61N3O6S/c1-28-12-14-30(15-13-28)53(50,51)46-27-29(44-45-46)10-9-11-36(47)52-35-19-20-40(6)33(39(35,4)5)18-21-42(8)34(40)17-16-31-32-26-38(2,3)22-24-43(32,37(48)49)25-23-41(31,42)7/h12-16,27,32-35H,9-11,17-26H2,1-8H3,(H,48,49)/t32-,33-,34+,35-,40-,41+,42+,43-/m0/s1. The molecule has 5 aliphatic carbocycles. The van der Waals surface area contributed by atoms with Crippen molar-refractivity contribution in [3.05, 3.63) is 53.4 Å². The zero-order valence-electron chi connectivity index (χ0n) is 33.2. The van der Waals surface area contributed by atoms with Crippen LogP contribution in [0.3, 0.4) is 0 Å². The molecule has 7 rings (SSSR count). The van der Waals surface area contributed by atoms with E-state index < -0.39 is 21.4 Å². The van der Waals surface area contributed by atoms with Crippen LogP contribution >= 0.6 is 0 Å². The van der Waals surface area contributed by atoms with Gasteiger partial charge in [-0.15, -0.1) is 9.19 Å². The van der Waals surface area contributed by atoms with E-state index in [1.165, 1.54) is 11.8 Å². The Bertz CT molecular complexity index is 1910. The van der Waals surface area contributed by atoms with Crippen molar-refractivity contribution in [2.75, 3.05) is 0 Å². The number of hydrogen-bond acceptors (Lipinski definition) is 7. The molecule has 0 amide bonds. The van der Waals surface area contributed by atoms with Gasteiger partial charge >= 0.3 is 11.9 Å². The lowest BCUT2D eigenvalue weighted by molar-refractivity contribution is -0.214. The number of allylic oxidation sites excluding steroid dienone is 2. The fraction of sp³-hybridized carbons (Fsp3) is 0.721. The average molecular weight is 748 g/mol. The maximum Gasteiger partial charge on any atom is 0.310 e. The molecule has 53 heavy (non-hydrogen) atoms. The van der Waals surface area contributed by atoms with E-state index in [0.29, 0.717) is 30.4 Å². The van der Waals surface area contributed by atoms with Crippen LogP contribution in [0.5, 0.6) is 0 Å². The number of nitrogens with zero attached hydrogens (tertiary/aromatic N) is 3. The minimum Gasteiger partial charge on any atom is -0.481 e. The van der Waals surface area contributed by atoms with Gasteiger partial charge in [0.25, 0.3) is 10.0 Å². The molecule has 9 nitrogen and oxygen atoms in total. The molecule has 10 heteroatoms. The van der Waals surface area contributed by atoms with Gasteiger partial charge in [0.15, 0.2) is 0 Å². The van der Waals surface area contributed by atoms with Gasteiger partial charge in [0.1, 0.15) is 6.10 Å². The largest absolute Gasteiger partial charge is 0.481 e. The van der Waals surface area contributed by atoms with Gasteiger partial charge < -0.3 is 9.84 Å². The maximum atomic E-state index is 13.3. The first kappa shape index (κ1) is 38.3. The zero-order chi connectivity index (χ0) is 38.4. The van der Waals surface area contributed by atoms with Crippen molar-refractivity contribution in [2.24, 2.45) is 50.2 Å². The Balaban J connectivity index is 1.02.